The van der Waals surface area contributed by atoms with Crippen molar-refractivity contribution in [3.63, 3.8) is 0 Å². The van der Waals surface area contributed by atoms with Gasteiger partial charge in [0, 0.05) is 25.9 Å². The fraction of sp³-hybridized carbons (Fsp3) is 0.600. The Kier molecular flexibility index (Phi) is 7.20. The highest BCUT2D eigenvalue weighted by atomic mass is 32.2. The molecule has 0 heterocycles. The van der Waals surface area contributed by atoms with E-state index in [2.05, 4.69) is 11.4 Å². The monoisotopic (exact) mass is 330 g/mol. The van der Waals surface area contributed by atoms with Crippen LogP contribution in [0, 0.1) is 13.8 Å². The molecule has 6 heteroatoms. The van der Waals surface area contributed by atoms with Crippen LogP contribution < -0.4 is 5.32 Å². The molecule has 0 aliphatic heterocycles. The van der Waals surface area contributed by atoms with Crippen molar-refractivity contribution in [1.29, 1.82) is 0 Å². The van der Waals surface area contributed by atoms with Gasteiger partial charge in [-0.25, -0.2) is 12.7 Å². The summed E-state index contributed by atoms with van der Waals surface area (Å²) in [6, 6.07) is 3.86. The van der Waals surface area contributed by atoms with Gasteiger partial charge >= 0.3 is 0 Å². The second-order valence-electron chi connectivity index (χ2n) is 5.14. The number of aryl methyl sites for hydroxylation is 1. The Morgan fingerprint density at radius 3 is 2.52 bits per heavy atom. The number of benzene rings is 1. The summed E-state index contributed by atoms with van der Waals surface area (Å²) < 4.78 is 26.9. The molecular weight excluding hydrogens is 304 g/mol. The van der Waals surface area contributed by atoms with E-state index in [0.29, 0.717) is 18.0 Å². The summed E-state index contributed by atoms with van der Waals surface area (Å²) in [6.45, 7) is 7.96. The number of nitrogens with one attached hydrogen (secondary N) is 1. The van der Waals surface area contributed by atoms with E-state index in [1.54, 1.807) is 24.9 Å². The number of hydrogen-bond acceptors (Lipinski definition) is 4. The van der Waals surface area contributed by atoms with E-state index in [-0.39, 0.29) is 0 Å². The highest BCUT2D eigenvalue weighted by Crippen LogP contribution is 2.24. The van der Waals surface area contributed by atoms with Gasteiger partial charge in [0.2, 0.25) is 10.0 Å². The Balaban J connectivity index is 3.18. The van der Waals surface area contributed by atoms with E-state index < -0.39 is 10.0 Å². The van der Waals surface area contributed by atoms with Crippen molar-refractivity contribution in [3.8, 4) is 0 Å². The molecule has 0 bridgehead atoms. The lowest BCUT2D eigenvalue weighted by Crippen LogP contribution is -2.30. The quantitative estimate of drug-likeness (QED) is 0.795. The van der Waals surface area contributed by atoms with Gasteiger partial charge in [-0.2, -0.15) is 11.8 Å². The molecule has 120 valence electrons. The molecule has 0 aromatic heterocycles. The molecule has 0 spiro atoms. The molecule has 1 aromatic carbocycles. The Hall–Kier alpha value is -0.560. The fourth-order valence-corrected chi connectivity index (χ4v) is 4.13. The summed E-state index contributed by atoms with van der Waals surface area (Å²) in [7, 11) is -1.77. The number of nitrogens with zero attached hydrogens (tertiary/aromatic N) is 1. The topological polar surface area (TPSA) is 49.4 Å². The van der Waals surface area contributed by atoms with Crippen LogP contribution in [0.5, 0.6) is 0 Å². The van der Waals surface area contributed by atoms with Crippen LogP contribution in [-0.4, -0.2) is 44.9 Å². The maximum atomic E-state index is 12.7. The lowest BCUT2D eigenvalue weighted by Gasteiger charge is -2.20. The summed E-state index contributed by atoms with van der Waals surface area (Å²) in [4.78, 5) is 0.430. The number of sulfonamides is 1. The first-order valence-corrected chi connectivity index (χ1v) is 9.94. The summed E-state index contributed by atoms with van der Waals surface area (Å²) in [5.74, 6) is 0.796. The van der Waals surface area contributed by atoms with E-state index in [1.165, 1.54) is 4.31 Å². The highest BCUT2D eigenvalue weighted by molar-refractivity contribution is 7.98. The van der Waals surface area contributed by atoms with Gasteiger partial charge in [0.05, 0.1) is 4.90 Å². The van der Waals surface area contributed by atoms with Crippen LogP contribution in [0.1, 0.15) is 23.6 Å². The molecule has 0 aliphatic rings. The molecule has 0 saturated heterocycles. The third-order valence-corrected chi connectivity index (χ3v) is 6.13. The van der Waals surface area contributed by atoms with Crippen LogP contribution in [0.2, 0.25) is 0 Å². The zero-order valence-corrected chi connectivity index (χ0v) is 15.2. The Labute approximate surface area is 133 Å². The minimum atomic E-state index is -3.42. The molecule has 1 rings (SSSR count). The van der Waals surface area contributed by atoms with Crippen LogP contribution in [0.25, 0.3) is 0 Å². The van der Waals surface area contributed by atoms with Crippen molar-refractivity contribution >= 4 is 21.8 Å². The van der Waals surface area contributed by atoms with Gasteiger partial charge in [-0.1, -0.05) is 13.0 Å². The van der Waals surface area contributed by atoms with Gasteiger partial charge in [0.15, 0.2) is 0 Å². The van der Waals surface area contributed by atoms with Crippen LogP contribution in [0.3, 0.4) is 0 Å². The molecule has 1 aromatic rings. The van der Waals surface area contributed by atoms with Gasteiger partial charge < -0.3 is 5.32 Å². The summed E-state index contributed by atoms with van der Waals surface area (Å²) in [5.41, 5.74) is 2.87. The highest BCUT2D eigenvalue weighted by Gasteiger charge is 2.23. The first-order valence-electron chi connectivity index (χ1n) is 7.10. The third-order valence-electron chi connectivity index (χ3n) is 3.56. The maximum absolute atomic E-state index is 12.7. The van der Waals surface area contributed by atoms with Crippen LogP contribution >= 0.6 is 11.8 Å². The molecule has 0 fully saturated rings. The van der Waals surface area contributed by atoms with Gasteiger partial charge in [-0.3, -0.25) is 0 Å². The minimum Gasteiger partial charge on any atom is -0.313 e. The van der Waals surface area contributed by atoms with E-state index in [0.717, 1.165) is 29.0 Å². The molecule has 4 nitrogen and oxygen atoms in total. The lowest BCUT2D eigenvalue weighted by molar-refractivity contribution is 0.488. The minimum absolute atomic E-state index is 0.430. The van der Waals surface area contributed by atoms with Crippen molar-refractivity contribution in [2.75, 3.05) is 32.1 Å². The van der Waals surface area contributed by atoms with Gasteiger partial charge in [-0.05, 0) is 49.4 Å². The summed E-state index contributed by atoms with van der Waals surface area (Å²) in [5, 5.41) is 3.24. The average Bonchev–Trinajstić information content (AvgIpc) is 2.45. The zero-order chi connectivity index (χ0) is 16.0. The second-order valence-corrected chi connectivity index (χ2v) is 8.13. The summed E-state index contributed by atoms with van der Waals surface area (Å²) >= 11 is 1.65. The third kappa shape index (κ3) is 4.71. The number of rotatable bonds is 8. The largest absolute Gasteiger partial charge is 0.313 e. The van der Waals surface area contributed by atoms with Crippen LogP contribution in [0.15, 0.2) is 17.0 Å². The van der Waals surface area contributed by atoms with E-state index in [9.17, 15) is 8.42 Å². The normalized spacial score (nSPS) is 12.1. The number of thioether (sulfide) groups is 1. The van der Waals surface area contributed by atoms with Crippen molar-refractivity contribution in [3.05, 3.63) is 28.8 Å². The molecular formula is C15H26N2O2S2. The maximum Gasteiger partial charge on any atom is 0.243 e. The lowest BCUT2D eigenvalue weighted by atomic mass is 10.1. The molecule has 0 unspecified atom stereocenters. The smallest absolute Gasteiger partial charge is 0.243 e. The van der Waals surface area contributed by atoms with E-state index >= 15 is 0 Å². The zero-order valence-electron chi connectivity index (χ0n) is 13.6. The molecule has 0 amide bonds. The van der Waals surface area contributed by atoms with Crippen molar-refractivity contribution < 1.29 is 8.42 Å². The molecule has 0 radical (unpaired) electrons. The van der Waals surface area contributed by atoms with E-state index in [4.69, 9.17) is 0 Å². The molecule has 21 heavy (non-hydrogen) atoms. The predicted octanol–water partition coefficient (Wildman–Crippen LogP) is 2.40. The number of hydrogen-bond donors (Lipinski definition) is 1. The second kappa shape index (κ2) is 8.17. The first-order chi connectivity index (χ1) is 9.84. The average molecular weight is 331 g/mol. The first kappa shape index (κ1) is 18.5. The van der Waals surface area contributed by atoms with Crippen LogP contribution in [0.4, 0.5) is 0 Å². The van der Waals surface area contributed by atoms with Crippen molar-refractivity contribution in [2.24, 2.45) is 0 Å². The molecule has 0 aliphatic carbocycles. The fourth-order valence-electron chi connectivity index (χ4n) is 2.05. The van der Waals surface area contributed by atoms with Crippen molar-refractivity contribution in [1.82, 2.24) is 9.62 Å². The van der Waals surface area contributed by atoms with Gasteiger partial charge in [-0.15, -0.1) is 0 Å². The predicted molar refractivity (Wildman–Crippen MR) is 91.5 cm³/mol. The van der Waals surface area contributed by atoms with Gasteiger partial charge in [0.25, 0.3) is 0 Å². The SMILES string of the molecule is CCNCc1cc(C)c(C)c(S(=O)(=O)N(C)CCSC)c1. The van der Waals surface area contributed by atoms with Gasteiger partial charge in [0.1, 0.15) is 0 Å². The van der Waals surface area contributed by atoms with Crippen LogP contribution in [-0.2, 0) is 16.6 Å². The standard InChI is InChI=1S/C15H26N2O2S2/c1-6-16-11-14-9-12(2)13(3)15(10-14)21(18,19)17(4)7-8-20-5/h9-10,16H,6-8,11H2,1-5H3. The Morgan fingerprint density at radius 2 is 1.95 bits per heavy atom. The summed E-state index contributed by atoms with van der Waals surface area (Å²) in [6.07, 6.45) is 1.98. The molecule has 0 atom stereocenters. The Bertz CT molecular complexity index is 571. The molecule has 0 saturated carbocycles. The van der Waals surface area contributed by atoms with E-state index in [1.807, 2.05) is 27.0 Å². The molecule has 1 N–H and O–H groups in total. The van der Waals surface area contributed by atoms with Crippen molar-refractivity contribution in [2.45, 2.75) is 32.2 Å². The Morgan fingerprint density at radius 1 is 1.29 bits per heavy atom.